The van der Waals surface area contributed by atoms with E-state index in [1.54, 1.807) is 0 Å². The molecule has 0 bridgehead atoms. The molecule has 0 nitrogen and oxygen atoms in total. The van der Waals surface area contributed by atoms with Crippen LogP contribution in [0.25, 0.3) is 0 Å². The lowest BCUT2D eigenvalue weighted by atomic mass is 10.1. The third-order valence-electron chi connectivity index (χ3n) is 2.16. The number of allylic oxidation sites excluding steroid dienone is 1. The lowest BCUT2D eigenvalue weighted by molar-refractivity contribution is -0.137. The highest BCUT2D eigenvalue weighted by molar-refractivity contribution is 9.28. The zero-order chi connectivity index (χ0) is 13.2. The van der Waals surface area contributed by atoms with Gasteiger partial charge < -0.3 is 0 Å². The number of hydrogen-bond donors (Lipinski definition) is 0. The van der Waals surface area contributed by atoms with Crippen molar-refractivity contribution in [2.24, 2.45) is 0 Å². The summed E-state index contributed by atoms with van der Waals surface area (Å²) in [6.07, 6.45) is -3.73. The minimum atomic E-state index is -4.30. The van der Waals surface area contributed by atoms with E-state index in [0.29, 0.717) is 10.9 Å². The van der Waals surface area contributed by atoms with E-state index in [0.717, 1.165) is 26.7 Å². The number of rotatable bonds is 2. The van der Waals surface area contributed by atoms with Crippen LogP contribution < -0.4 is 0 Å². The Hall–Kier alpha value is 0.190. The van der Waals surface area contributed by atoms with Gasteiger partial charge in [-0.05, 0) is 68.5 Å². The molecule has 0 amide bonds. The third-order valence-corrected chi connectivity index (χ3v) is 4.25. The van der Waals surface area contributed by atoms with Crippen LogP contribution in [0.1, 0.15) is 18.1 Å². The summed E-state index contributed by atoms with van der Waals surface area (Å²) in [4.78, 5) is 0. The van der Waals surface area contributed by atoms with Gasteiger partial charge in [-0.1, -0.05) is 22.0 Å². The van der Waals surface area contributed by atoms with E-state index in [1.165, 1.54) is 6.07 Å². The lowest BCUT2D eigenvalue weighted by Gasteiger charge is -2.10. The van der Waals surface area contributed by atoms with Crippen LogP contribution in [0.5, 0.6) is 0 Å². The second kappa shape index (κ2) is 5.89. The Kier molecular flexibility index (Phi) is 5.28. The molecule has 0 unspecified atom stereocenters. The van der Waals surface area contributed by atoms with Gasteiger partial charge in [0.25, 0.3) is 0 Å². The van der Waals surface area contributed by atoms with Crippen molar-refractivity contribution in [2.45, 2.75) is 19.5 Å². The van der Waals surface area contributed by atoms with Crippen LogP contribution in [-0.4, -0.2) is 0 Å². The van der Waals surface area contributed by atoms with E-state index in [9.17, 15) is 13.2 Å². The van der Waals surface area contributed by atoms with Gasteiger partial charge in [0.15, 0.2) is 0 Å². The van der Waals surface area contributed by atoms with Crippen LogP contribution in [0.3, 0.4) is 0 Å². The monoisotopic (exact) mass is 434 g/mol. The molecular weight excluding hydrogens is 429 g/mol. The van der Waals surface area contributed by atoms with Gasteiger partial charge in [0.05, 0.1) is 8.96 Å². The number of alkyl halides is 3. The molecule has 0 saturated carbocycles. The molecule has 0 aliphatic rings. The Morgan fingerprint density at radius 3 is 2.24 bits per heavy atom. The van der Waals surface area contributed by atoms with Gasteiger partial charge in [-0.3, -0.25) is 0 Å². The lowest BCUT2D eigenvalue weighted by Crippen LogP contribution is -2.05. The Bertz CT molecular complexity index is 446. The predicted molar refractivity (Wildman–Crippen MR) is 73.4 cm³/mol. The van der Waals surface area contributed by atoms with Gasteiger partial charge in [-0.25, -0.2) is 0 Å². The zero-order valence-electron chi connectivity index (χ0n) is 8.71. The summed E-state index contributed by atoms with van der Waals surface area (Å²) in [6, 6.07) is 3.68. The second-order valence-electron chi connectivity index (χ2n) is 3.52. The molecule has 0 aromatic heterocycles. The van der Waals surface area contributed by atoms with Crippen molar-refractivity contribution in [3.63, 3.8) is 0 Å². The molecule has 94 valence electrons. The van der Waals surface area contributed by atoms with Crippen LogP contribution in [-0.2, 0) is 12.6 Å². The largest absolute Gasteiger partial charge is 0.416 e. The van der Waals surface area contributed by atoms with Crippen LogP contribution >= 0.6 is 47.8 Å². The molecule has 1 aromatic carbocycles. The third kappa shape index (κ3) is 4.41. The van der Waals surface area contributed by atoms with Crippen LogP contribution in [0.15, 0.2) is 31.6 Å². The van der Waals surface area contributed by atoms with Crippen molar-refractivity contribution in [1.29, 1.82) is 0 Å². The molecule has 0 fully saturated rings. The van der Waals surface area contributed by atoms with Crippen molar-refractivity contribution in [1.82, 2.24) is 0 Å². The average Bonchev–Trinajstić information content (AvgIpc) is 2.19. The molecule has 17 heavy (non-hydrogen) atoms. The second-order valence-corrected chi connectivity index (χ2v) is 7.03. The summed E-state index contributed by atoms with van der Waals surface area (Å²) in [5.74, 6) is 0. The van der Waals surface area contributed by atoms with Crippen molar-refractivity contribution in [3.8, 4) is 0 Å². The van der Waals surface area contributed by atoms with Crippen LogP contribution in [0, 0.1) is 0 Å². The van der Waals surface area contributed by atoms with Crippen molar-refractivity contribution in [3.05, 3.63) is 42.8 Å². The fourth-order valence-corrected chi connectivity index (χ4v) is 2.02. The first kappa shape index (κ1) is 15.2. The highest BCUT2D eigenvalue weighted by atomic mass is 79.9. The SMILES string of the molecule is CC(Cc1ccc(C(F)(F)F)cc1Br)=C(Br)Br. The van der Waals surface area contributed by atoms with E-state index in [1.807, 2.05) is 6.92 Å². The fourth-order valence-electron chi connectivity index (χ4n) is 1.22. The maximum atomic E-state index is 12.4. The molecule has 1 aromatic rings. The van der Waals surface area contributed by atoms with Gasteiger partial charge in [0.2, 0.25) is 0 Å². The smallest absolute Gasteiger partial charge is 0.166 e. The molecule has 0 aliphatic carbocycles. The standard InChI is InChI=1S/C11H8Br3F3/c1-6(10(13)14)4-7-2-3-8(5-9(7)12)11(15,16)17/h2-3,5H,4H2,1H3. The molecule has 0 aliphatic heterocycles. The summed E-state index contributed by atoms with van der Waals surface area (Å²) in [5.41, 5.74) is 1.17. The summed E-state index contributed by atoms with van der Waals surface area (Å²) in [6.45, 7) is 1.89. The maximum absolute atomic E-state index is 12.4. The number of halogens is 6. The van der Waals surface area contributed by atoms with E-state index < -0.39 is 11.7 Å². The molecule has 0 saturated heterocycles. The molecule has 1 rings (SSSR count). The Morgan fingerprint density at radius 1 is 1.24 bits per heavy atom. The first-order valence-corrected chi connectivity index (χ1v) is 6.96. The minimum Gasteiger partial charge on any atom is -0.166 e. The van der Waals surface area contributed by atoms with Crippen LogP contribution in [0.4, 0.5) is 13.2 Å². The van der Waals surface area contributed by atoms with Crippen molar-refractivity contribution in [2.75, 3.05) is 0 Å². The van der Waals surface area contributed by atoms with E-state index >= 15 is 0 Å². The minimum absolute atomic E-state index is 0.466. The summed E-state index contributed by atoms with van der Waals surface area (Å²) in [7, 11) is 0. The Morgan fingerprint density at radius 2 is 1.82 bits per heavy atom. The molecule has 0 heterocycles. The zero-order valence-corrected chi connectivity index (χ0v) is 13.5. The van der Waals surface area contributed by atoms with Gasteiger partial charge in [0.1, 0.15) is 0 Å². The predicted octanol–water partition coefficient (Wildman–Crippen LogP) is 6.03. The number of benzene rings is 1. The highest BCUT2D eigenvalue weighted by Crippen LogP contribution is 2.33. The van der Waals surface area contributed by atoms with Gasteiger partial charge in [0, 0.05) is 4.47 Å². The number of hydrogen-bond acceptors (Lipinski definition) is 0. The Labute approximate surface area is 123 Å². The molecule has 0 N–H and O–H groups in total. The summed E-state index contributed by atoms with van der Waals surface area (Å²) < 4.78 is 38.6. The van der Waals surface area contributed by atoms with E-state index in [4.69, 9.17) is 0 Å². The molecular formula is C11H8Br3F3. The summed E-state index contributed by atoms with van der Waals surface area (Å²) in [5, 5.41) is 0. The van der Waals surface area contributed by atoms with Crippen molar-refractivity contribution < 1.29 is 13.2 Å². The van der Waals surface area contributed by atoms with Gasteiger partial charge in [-0.2, -0.15) is 13.2 Å². The topological polar surface area (TPSA) is 0 Å². The highest BCUT2D eigenvalue weighted by Gasteiger charge is 2.30. The molecule has 0 spiro atoms. The van der Waals surface area contributed by atoms with Crippen molar-refractivity contribution >= 4 is 47.8 Å². The first-order valence-electron chi connectivity index (χ1n) is 4.58. The van der Waals surface area contributed by atoms with Gasteiger partial charge >= 0.3 is 6.18 Å². The van der Waals surface area contributed by atoms with Gasteiger partial charge in [-0.15, -0.1) is 0 Å². The molecule has 0 radical (unpaired) electrons. The average molecular weight is 437 g/mol. The van der Waals surface area contributed by atoms with E-state index in [-0.39, 0.29) is 0 Å². The quantitative estimate of drug-likeness (QED) is 0.531. The normalized spacial score (nSPS) is 11.5. The fraction of sp³-hybridized carbons (Fsp3) is 0.273. The first-order chi connectivity index (χ1) is 7.71. The Balaban J connectivity index is 3.03. The molecule has 6 heteroatoms. The maximum Gasteiger partial charge on any atom is 0.416 e. The van der Waals surface area contributed by atoms with E-state index in [2.05, 4.69) is 47.8 Å². The molecule has 0 atom stereocenters. The van der Waals surface area contributed by atoms with Crippen LogP contribution in [0.2, 0.25) is 0 Å². The summed E-state index contributed by atoms with van der Waals surface area (Å²) >= 11 is 9.70.